The lowest BCUT2D eigenvalue weighted by molar-refractivity contribution is -0.156. The van der Waals surface area contributed by atoms with Crippen molar-refractivity contribution in [3.63, 3.8) is 0 Å². The number of fused-ring (bicyclic) bond motifs is 3. The van der Waals surface area contributed by atoms with Gasteiger partial charge in [0.25, 0.3) is 0 Å². The summed E-state index contributed by atoms with van der Waals surface area (Å²) in [7, 11) is 0. The highest BCUT2D eigenvalue weighted by molar-refractivity contribution is 5.82. The zero-order valence-electron chi connectivity index (χ0n) is 20.6. The van der Waals surface area contributed by atoms with E-state index in [-0.39, 0.29) is 23.8 Å². The van der Waals surface area contributed by atoms with Crippen LogP contribution >= 0.6 is 0 Å². The third-order valence-electron chi connectivity index (χ3n) is 7.06. The predicted octanol–water partition coefficient (Wildman–Crippen LogP) is 6.89. The quantitative estimate of drug-likeness (QED) is 0.379. The summed E-state index contributed by atoms with van der Waals surface area (Å²) in [6.07, 6.45) is 3.49. The number of pyridine rings is 1. The van der Waals surface area contributed by atoms with Gasteiger partial charge in [-0.25, -0.2) is 4.39 Å². The number of para-hydroxylation sites is 1. The molecular weight excluding hydrogens is 441 g/mol. The summed E-state index contributed by atoms with van der Waals surface area (Å²) < 4.78 is 25.7. The van der Waals surface area contributed by atoms with Crippen molar-refractivity contribution in [1.29, 1.82) is 0 Å². The molecule has 0 radical (unpaired) electrons. The van der Waals surface area contributed by atoms with E-state index in [1.807, 2.05) is 30.3 Å². The Bertz CT molecular complexity index is 1240. The normalized spacial score (nSPS) is 19.4. The summed E-state index contributed by atoms with van der Waals surface area (Å²) in [5.74, 6) is 1.01. The van der Waals surface area contributed by atoms with Crippen molar-refractivity contribution < 1.29 is 18.7 Å². The van der Waals surface area contributed by atoms with Gasteiger partial charge in [-0.1, -0.05) is 45.0 Å². The van der Waals surface area contributed by atoms with Gasteiger partial charge in [0.05, 0.1) is 12.3 Å². The first-order valence-corrected chi connectivity index (χ1v) is 12.6. The topological polar surface area (TPSA) is 48.4 Å². The SMILES string of the molecule is CC(C)c1nc2c(c(-c3ccc(F)cc3)c1CC[C@@H]1C[C@@H](C)CC(=O)O1)CCOc1ccccc1-2. The van der Waals surface area contributed by atoms with Crippen LogP contribution in [0.15, 0.2) is 48.5 Å². The molecule has 0 aliphatic carbocycles. The number of hydrogen-bond acceptors (Lipinski definition) is 4. The van der Waals surface area contributed by atoms with Gasteiger partial charge in [-0.2, -0.15) is 0 Å². The molecule has 0 N–H and O–H groups in total. The largest absolute Gasteiger partial charge is 0.493 e. The zero-order valence-corrected chi connectivity index (χ0v) is 20.6. The number of esters is 1. The van der Waals surface area contributed by atoms with Crippen molar-refractivity contribution in [2.75, 3.05) is 6.61 Å². The summed E-state index contributed by atoms with van der Waals surface area (Å²) in [6, 6.07) is 14.8. The Kier molecular flexibility index (Phi) is 6.59. The maximum Gasteiger partial charge on any atom is 0.306 e. The lowest BCUT2D eigenvalue weighted by Crippen LogP contribution is -2.29. The van der Waals surface area contributed by atoms with Gasteiger partial charge in [0.2, 0.25) is 0 Å². The summed E-state index contributed by atoms with van der Waals surface area (Å²) in [4.78, 5) is 17.3. The molecule has 35 heavy (non-hydrogen) atoms. The average molecular weight is 474 g/mol. The summed E-state index contributed by atoms with van der Waals surface area (Å²) in [5.41, 5.74) is 7.38. The maximum absolute atomic E-state index is 13.9. The predicted molar refractivity (Wildman–Crippen MR) is 135 cm³/mol. The molecule has 0 saturated carbocycles. The third-order valence-corrected chi connectivity index (χ3v) is 7.06. The van der Waals surface area contributed by atoms with Gasteiger partial charge in [-0.15, -0.1) is 0 Å². The van der Waals surface area contributed by atoms with E-state index in [0.29, 0.717) is 25.4 Å². The molecule has 0 unspecified atom stereocenters. The molecule has 1 saturated heterocycles. The van der Waals surface area contributed by atoms with Crippen molar-refractivity contribution in [2.45, 2.75) is 64.9 Å². The second-order valence-electron chi connectivity index (χ2n) is 10.1. The molecule has 2 aliphatic rings. The van der Waals surface area contributed by atoms with Gasteiger partial charge in [0.1, 0.15) is 17.7 Å². The van der Waals surface area contributed by atoms with Gasteiger partial charge in [0, 0.05) is 24.1 Å². The molecule has 5 heteroatoms. The first kappa shape index (κ1) is 23.5. The van der Waals surface area contributed by atoms with Crippen molar-refractivity contribution in [1.82, 2.24) is 4.98 Å². The number of rotatable bonds is 5. The van der Waals surface area contributed by atoms with Gasteiger partial charge in [-0.3, -0.25) is 9.78 Å². The van der Waals surface area contributed by atoms with E-state index in [4.69, 9.17) is 14.5 Å². The molecule has 0 amide bonds. The first-order chi connectivity index (χ1) is 16.9. The number of hydrogen-bond donors (Lipinski definition) is 0. The number of carbonyl (C=O) groups is 1. The van der Waals surface area contributed by atoms with Crippen LogP contribution in [0, 0.1) is 11.7 Å². The van der Waals surface area contributed by atoms with E-state index in [1.165, 1.54) is 17.7 Å². The van der Waals surface area contributed by atoms with Crippen LogP contribution in [0.4, 0.5) is 4.39 Å². The molecule has 2 aromatic carbocycles. The number of halogens is 1. The number of ether oxygens (including phenoxy) is 2. The van der Waals surface area contributed by atoms with E-state index in [0.717, 1.165) is 58.7 Å². The molecule has 0 bridgehead atoms. The van der Waals surface area contributed by atoms with Crippen LogP contribution in [0.25, 0.3) is 22.4 Å². The van der Waals surface area contributed by atoms with Gasteiger partial charge in [0.15, 0.2) is 0 Å². The highest BCUT2D eigenvalue weighted by Crippen LogP contribution is 2.43. The van der Waals surface area contributed by atoms with Crippen LogP contribution in [0.1, 0.15) is 62.8 Å². The number of benzene rings is 2. The molecule has 2 atom stereocenters. The van der Waals surface area contributed by atoms with Gasteiger partial charge >= 0.3 is 5.97 Å². The Labute approximate surface area is 206 Å². The fourth-order valence-corrected chi connectivity index (χ4v) is 5.48. The fourth-order valence-electron chi connectivity index (χ4n) is 5.48. The summed E-state index contributed by atoms with van der Waals surface area (Å²) in [5, 5.41) is 0. The molecule has 5 rings (SSSR count). The molecule has 0 spiro atoms. The molecule has 182 valence electrons. The standard InChI is InChI=1S/C30H32FNO3/c1-18(2)29-24(13-12-22-16-19(3)17-27(33)35-22)28(20-8-10-21(31)11-9-20)25-14-15-34-26-7-5-4-6-23(26)30(25)32-29/h4-11,18-19,22H,12-17H2,1-3H3/t19-,22-/m1/s1. The summed E-state index contributed by atoms with van der Waals surface area (Å²) >= 11 is 0. The maximum atomic E-state index is 13.9. The lowest BCUT2D eigenvalue weighted by atomic mass is 9.84. The van der Waals surface area contributed by atoms with E-state index < -0.39 is 0 Å². The second-order valence-corrected chi connectivity index (χ2v) is 10.1. The van der Waals surface area contributed by atoms with Crippen LogP contribution in [0.2, 0.25) is 0 Å². The van der Waals surface area contributed by atoms with Crippen LogP contribution < -0.4 is 4.74 Å². The van der Waals surface area contributed by atoms with Crippen molar-refractivity contribution in [3.05, 3.63) is 71.2 Å². The Hall–Kier alpha value is -3.21. The van der Waals surface area contributed by atoms with Crippen molar-refractivity contribution in [2.24, 2.45) is 5.92 Å². The average Bonchev–Trinajstić information content (AvgIpc) is 3.01. The number of aromatic nitrogens is 1. The Morgan fingerprint density at radius 1 is 1.11 bits per heavy atom. The van der Waals surface area contributed by atoms with Crippen LogP contribution in [0.5, 0.6) is 5.75 Å². The smallest absolute Gasteiger partial charge is 0.306 e. The fraction of sp³-hybridized carbons (Fsp3) is 0.400. The minimum Gasteiger partial charge on any atom is -0.493 e. The Morgan fingerprint density at radius 3 is 2.63 bits per heavy atom. The molecular formula is C30H32FNO3. The first-order valence-electron chi connectivity index (χ1n) is 12.6. The molecule has 3 aromatic rings. The Morgan fingerprint density at radius 2 is 1.89 bits per heavy atom. The van der Waals surface area contributed by atoms with Crippen LogP contribution in [0.3, 0.4) is 0 Å². The lowest BCUT2D eigenvalue weighted by Gasteiger charge is -2.28. The third kappa shape index (κ3) is 4.82. The van der Waals surface area contributed by atoms with E-state index in [2.05, 4.69) is 26.8 Å². The monoisotopic (exact) mass is 473 g/mol. The zero-order chi connectivity index (χ0) is 24.5. The van der Waals surface area contributed by atoms with Gasteiger partial charge < -0.3 is 9.47 Å². The Balaban J connectivity index is 1.67. The molecule has 4 nitrogen and oxygen atoms in total. The second kappa shape index (κ2) is 9.80. The van der Waals surface area contributed by atoms with E-state index >= 15 is 0 Å². The van der Waals surface area contributed by atoms with Gasteiger partial charge in [-0.05, 0) is 77.6 Å². The summed E-state index contributed by atoms with van der Waals surface area (Å²) in [6.45, 7) is 6.99. The molecule has 1 fully saturated rings. The minimum atomic E-state index is -0.253. The highest BCUT2D eigenvalue weighted by Gasteiger charge is 2.29. The molecule has 1 aromatic heterocycles. The van der Waals surface area contributed by atoms with E-state index in [9.17, 15) is 9.18 Å². The van der Waals surface area contributed by atoms with Crippen LogP contribution in [-0.4, -0.2) is 23.7 Å². The van der Waals surface area contributed by atoms with Crippen molar-refractivity contribution >= 4 is 5.97 Å². The number of nitrogens with zero attached hydrogens (tertiary/aromatic N) is 1. The number of carbonyl (C=O) groups excluding carboxylic acids is 1. The van der Waals surface area contributed by atoms with Crippen LogP contribution in [-0.2, 0) is 22.4 Å². The number of cyclic esters (lactones) is 1. The molecule has 2 aliphatic heterocycles. The molecule has 3 heterocycles. The van der Waals surface area contributed by atoms with Crippen molar-refractivity contribution in [3.8, 4) is 28.1 Å². The van der Waals surface area contributed by atoms with E-state index in [1.54, 1.807) is 0 Å². The minimum absolute atomic E-state index is 0.0878. The highest BCUT2D eigenvalue weighted by atomic mass is 19.1.